The fraction of sp³-hybridized carbons (Fsp3) is 0.385. The van der Waals surface area contributed by atoms with Crippen LogP contribution in [0.5, 0.6) is 0 Å². The van der Waals surface area contributed by atoms with Gasteiger partial charge >= 0.3 is 0 Å². The molecule has 1 saturated heterocycles. The van der Waals surface area contributed by atoms with E-state index in [9.17, 15) is 0 Å². The minimum absolute atomic E-state index is 0.665. The summed E-state index contributed by atoms with van der Waals surface area (Å²) in [5, 5.41) is 11.8. The average molecular weight is 218 g/mol. The summed E-state index contributed by atoms with van der Waals surface area (Å²) in [6, 6.07) is 9.97. The summed E-state index contributed by atoms with van der Waals surface area (Å²) >= 11 is 0. The lowest BCUT2D eigenvalue weighted by Crippen LogP contribution is -2.39. The smallest absolute Gasteiger partial charge is 0.106 e. The Morgan fingerprint density at radius 1 is 1.25 bits per heavy atom. The Morgan fingerprint density at radius 3 is 2.06 bits per heavy atom. The molecule has 1 aromatic carbocycles. The van der Waals surface area contributed by atoms with E-state index in [-0.39, 0.29) is 0 Å². The topological polar surface area (TPSA) is 52.9 Å². The van der Waals surface area contributed by atoms with E-state index >= 15 is 0 Å². The maximum absolute atomic E-state index is 8.58. The lowest BCUT2D eigenvalue weighted by atomic mass is 9.93. The van der Waals surface area contributed by atoms with Gasteiger partial charge in [-0.05, 0) is 17.7 Å². The molecular weight excluding hydrogens is 200 g/mol. The van der Waals surface area contributed by atoms with Crippen LogP contribution in [0.3, 0.4) is 0 Å². The highest BCUT2D eigenvalue weighted by Gasteiger charge is 2.17. The molecule has 3 heteroatoms. The van der Waals surface area contributed by atoms with Gasteiger partial charge in [-0.25, -0.2) is 0 Å². The molecule has 0 bridgehead atoms. The first-order chi connectivity index (χ1) is 7.90. The summed E-state index contributed by atoms with van der Waals surface area (Å²) in [6.45, 7) is 8.15. The quantitative estimate of drug-likeness (QED) is 0.785. The van der Waals surface area contributed by atoms with Crippen LogP contribution in [0.1, 0.15) is 30.9 Å². The van der Waals surface area contributed by atoms with Crippen LogP contribution < -0.4 is 5.32 Å². The fourth-order valence-electron chi connectivity index (χ4n) is 1.35. The summed E-state index contributed by atoms with van der Waals surface area (Å²) in [6.07, 6.45) is 0. The Labute approximate surface area is 97.1 Å². The molecule has 0 aromatic heterocycles. The Morgan fingerprint density at radius 2 is 1.75 bits per heavy atom. The molecule has 16 heavy (non-hydrogen) atoms. The minimum atomic E-state index is 0.665. The van der Waals surface area contributed by atoms with E-state index < -0.39 is 0 Å². The molecule has 0 unspecified atom stereocenters. The molecular formula is C13H18N2O. The zero-order valence-electron chi connectivity index (χ0n) is 9.86. The van der Waals surface area contributed by atoms with Gasteiger partial charge in [0.2, 0.25) is 0 Å². The molecule has 1 fully saturated rings. The number of nitriles is 1. The standard InChI is InChI=1S/C10H10N2.C2H6.CH2O/c11-5-8-1-3-9(4-2-8)10-6-12-7-10;2*1-2/h1-4,10,12H,6-7H2;1-2H3;1H2. The van der Waals surface area contributed by atoms with Gasteiger partial charge in [0.25, 0.3) is 0 Å². The second-order valence-electron chi connectivity index (χ2n) is 3.09. The molecule has 1 aliphatic rings. The van der Waals surface area contributed by atoms with Crippen molar-refractivity contribution in [3.05, 3.63) is 35.4 Å². The van der Waals surface area contributed by atoms with Gasteiger partial charge in [-0.2, -0.15) is 5.26 Å². The molecule has 1 aromatic rings. The van der Waals surface area contributed by atoms with Crippen LogP contribution in [0.2, 0.25) is 0 Å². The van der Waals surface area contributed by atoms with Crippen LogP contribution in [0, 0.1) is 11.3 Å². The number of hydrogen-bond donors (Lipinski definition) is 1. The molecule has 1 heterocycles. The Balaban J connectivity index is 0.000000509. The van der Waals surface area contributed by atoms with Crippen molar-refractivity contribution in [1.29, 1.82) is 5.26 Å². The predicted octanol–water partition coefficient (Wildman–Crippen LogP) is 2.09. The zero-order chi connectivity index (χ0) is 12.4. The van der Waals surface area contributed by atoms with Crippen molar-refractivity contribution in [3.63, 3.8) is 0 Å². The number of rotatable bonds is 1. The van der Waals surface area contributed by atoms with Gasteiger partial charge in [0, 0.05) is 19.0 Å². The van der Waals surface area contributed by atoms with Gasteiger partial charge < -0.3 is 10.1 Å². The molecule has 0 radical (unpaired) electrons. The SMILES string of the molecule is C=O.CC.N#Cc1ccc(C2CNC2)cc1. The number of hydrogen-bond acceptors (Lipinski definition) is 3. The molecule has 0 saturated carbocycles. The lowest BCUT2D eigenvalue weighted by molar-refractivity contribution is -0.0979. The predicted molar refractivity (Wildman–Crippen MR) is 65.2 cm³/mol. The van der Waals surface area contributed by atoms with Gasteiger partial charge in [0.15, 0.2) is 0 Å². The van der Waals surface area contributed by atoms with E-state index in [1.165, 1.54) is 5.56 Å². The minimum Gasteiger partial charge on any atom is -0.315 e. The first-order valence-corrected chi connectivity index (χ1v) is 5.40. The van der Waals surface area contributed by atoms with E-state index in [4.69, 9.17) is 10.1 Å². The molecule has 86 valence electrons. The number of benzene rings is 1. The molecule has 0 spiro atoms. The molecule has 1 N–H and O–H groups in total. The van der Waals surface area contributed by atoms with Crippen molar-refractivity contribution in [2.75, 3.05) is 13.1 Å². The highest BCUT2D eigenvalue weighted by molar-refractivity contribution is 5.33. The fourth-order valence-corrected chi connectivity index (χ4v) is 1.35. The van der Waals surface area contributed by atoms with Crippen LogP contribution >= 0.6 is 0 Å². The summed E-state index contributed by atoms with van der Waals surface area (Å²) in [4.78, 5) is 8.00. The number of carbonyl (C=O) groups excluding carboxylic acids is 1. The van der Waals surface area contributed by atoms with Crippen LogP contribution in [-0.2, 0) is 4.79 Å². The summed E-state index contributed by atoms with van der Waals surface area (Å²) in [5.41, 5.74) is 2.08. The van der Waals surface area contributed by atoms with Gasteiger partial charge in [-0.3, -0.25) is 0 Å². The monoisotopic (exact) mass is 218 g/mol. The third-order valence-electron chi connectivity index (χ3n) is 2.29. The van der Waals surface area contributed by atoms with E-state index in [0.717, 1.165) is 18.7 Å². The highest BCUT2D eigenvalue weighted by atomic mass is 16.1. The zero-order valence-corrected chi connectivity index (χ0v) is 9.86. The second-order valence-corrected chi connectivity index (χ2v) is 3.09. The Bertz CT molecular complexity index is 323. The Kier molecular flexibility index (Phi) is 7.74. The summed E-state index contributed by atoms with van der Waals surface area (Å²) < 4.78 is 0. The largest absolute Gasteiger partial charge is 0.315 e. The van der Waals surface area contributed by atoms with Crippen LogP contribution in [0.25, 0.3) is 0 Å². The Hall–Kier alpha value is -1.66. The summed E-state index contributed by atoms with van der Waals surface area (Å²) in [7, 11) is 0. The van der Waals surface area contributed by atoms with Crippen molar-refractivity contribution in [2.24, 2.45) is 0 Å². The van der Waals surface area contributed by atoms with Gasteiger partial charge in [-0.15, -0.1) is 0 Å². The van der Waals surface area contributed by atoms with E-state index in [0.29, 0.717) is 5.92 Å². The van der Waals surface area contributed by atoms with E-state index in [2.05, 4.69) is 11.4 Å². The van der Waals surface area contributed by atoms with Crippen LogP contribution in [0.4, 0.5) is 0 Å². The number of carbonyl (C=O) groups is 1. The molecule has 3 nitrogen and oxygen atoms in total. The first kappa shape index (κ1) is 14.3. The van der Waals surface area contributed by atoms with Crippen molar-refractivity contribution < 1.29 is 4.79 Å². The molecule has 0 amide bonds. The molecule has 1 aliphatic heterocycles. The molecule has 0 atom stereocenters. The van der Waals surface area contributed by atoms with E-state index in [1.807, 2.05) is 44.9 Å². The van der Waals surface area contributed by atoms with Gasteiger partial charge in [-0.1, -0.05) is 26.0 Å². The van der Waals surface area contributed by atoms with Crippen LogP contribution in [0.15, 0.2) is 24.3 Å². The normalized spacial score (nSPS) is 13.1. The third-order valence-corrected chi connectivity index (χ3v) is 2.29. The maximum Gasteiger partial charge on any atom is 0.106 e. The van der Waals surface area contributed by atoms with Crippen molar-refractivity contribution in [2.45, 2.75) is 19.8 Å². The van der Waals surface area contributed by atoms with Crippen molar-refractivity contribution in [3.8, 4) is 6.07 Å². The highest BCUT2D eigenvalue weighted by Crippen LogP contribution is 2.19. The van der Waals surface area contributed by atoms with Crippen LogP contribution in [-0.4, -0.2) is 19.9 Å². The van der Waals surface area contributed by atoms with Crippen molar-refractivity contribution >= 4 is 6.79 Å². The van der Waals surface area contributed by atoms with Gasteiger partial charge in [0.1, 0.15) is 6.79 Å². The van der Waals surface area contributed by atoms with E-state index in [1.54, 1.807) is 0 Å². The maximum atomic E-state index is 8.58. The molecule has 2 rings (SSSR count). The molecule has 0 aliphatic carbocycles. The first-order valence-electron chi connectivity index (χ1n) is 5.40. The van der Waals surface area contributed by atoms with Gasteiger partial charge in [0.05, 0.1) is 11.6 Å². The number of nitrogens with zero attached hydrogens (tertiary/aromatic N) is 1. The summed E-state index contributed by atoms with van der Waals surface area (Å²) in [5.74, 6) is 0.665. The average Bonchev–Trinajstić information content (AvgIpc) is 2.33. The van der Waals surface area contributed by atoms with Crippen molar-refractivity contribution in [1.82, 2.24) is 5.32 Å². The third kappa shape index (κ3) is 3.84. The lowest BCUT2D eigenvalue weighted by Gasteiger charge is -2.27. The second kappa shape index (κ2) is 8.63. The number of nitrogens with one attached hydrogen (secondary N) is 1.